The summed E-state index contributed by atoms with van der Waals surface area (Å²) >= 11 is 5.59. The third-order valence-corrected chi connectivity index (χ3v) is 5.71. The maximum atomic E-state index is 10.8. The average Bonchev–Trinajstić information content (AvgIpc) is 3.23. The largest absolute Gasteiger partial charge is 0.493 e. The summed E-state index contributed by atoms with van der Waals surface area (Å²) in [6, 6.07) is 23.6. The number of para-hydroxylation sites is 2. The van der Waals surface area contributed by atoms with Gasteiger partial charge in [0, 0.05) is 29.1 Å². The first-order valence-corrected chi connectivity index (χ1v) is 9.64. The van der Waals surface area contributed by atoms with Crippen LogP contribution in [0.5, 0.6) is 5.88 Å². The summed E-state index contributed by atoms with van der Waals surface area (Å²) in [4.78, 5) is 0. The molecule has 29 heavy (non-hydrogen) atoms. The van der Waals surface area contributed by atoms with E-state index in [4.69, 9.17) is 16.6 Å². The fourth-order valence-electron chi connectivity index (χ4n) is 3.73. The van der Waals surface area contributed by atoms with Crippen LogP contribution in [0.4, 0.5) is 0 Å². The molecule has 4 nitrogen and oxygen atoms in total. The summed E-state index contributed by atoms with van der Waals surface area (Å²) in [6.45, 7) is 4.30. The number of aromatic nitrogens is 2. The normalized spacial score (nSPS) is 11.3. The Morgan fingerprint density at radius 2 is 1.62 bits per heavy atom. The van der Waals surface area contributed by atoms with E-state index in [1.54, 1.807) is 11.6 Å². The molecule has 0 fully saturated rings. The Balaban J connectivity index is 1.73. The maximum absolute atomic E-state index is 10.8. The summed E-state index contributed by atoms with van der Waals surface area (Å²) in [5.74, 6) is 0.0843. The third-order valence-electron chi connectivity index (χ3n) is 5.26. The van der Waals surface area contributed by atoms with E-state index in [0.29, 0.717) is 16.0 Å². The molecule has 142 valence electrons. The second kappa shape index (κ2) is 6.50. The average molecular weight is 398 g/mol. The number of imidazole rings is 1. The van der Waals surface area contributed by atoms with Crippen molar-refractivity contribution in [1.29, 1.82) is 0 Å². The van der Waals surface area contributed by atoms with E-state index in [2.05, 4.69) is 6.58 Å². The van der Waals surface area contributed by atoms with E-state index in [9.17, 15) is 5.11 Å². The van der Waals surface area contributed by atoms with Crippen molar-refractivity contribution in [3.63, 3.8) is 0 Å². The second-order valence-corrected chi connectivity index (χ2v) is 7.34. The van der Waals surface area contributed by atoms with Gasteiger partial charge in [0.25, 0.3) is 0 Å². The zero-order valence-electron chi connectivity index (χ0n) is 15.8. The smallest absolute Gasteiger partial charge is 0.218 e. The highest BCUT2D eigenvalue weighted by Gasteiger charge is 2.20. The minimum absolute atomic E-state index is 0.0843. The van der Waals surface area contributed by atoms with Gasteiger partial charge in [-0.05, 0) is 48.1 Å². The van der Waals surface area contributed by atoms with Crippen molar-refractivity contribution < 1.29 is 9.52 Å². The summed E-state index contributed by atoms with van der Waals surface area (Å²) < 4.78 is 9.87. The van der Waals surface area contributed by atoms with Crippen molar-refractivity contribution in [3.8, 4) is 11.6 Å². The highest BCUT2D eigenvalue weighted by Crippen LogP contribution is 2.36. The van der Waals surface area contributed by atoms with Gasteiger partial charge in [-0.15, -0.1) is 0 Å². The van der Waals surface area contributed by atoms with Gasteiger partial charge in [0.05, 0.1) is 0 Å². The number of hydrogen-bond acceptors (Lipinski definition) is 3. The van der Waals surface area contributed by atoms with Gasteiger partial charge in [0.1, 0.15) is 16.9 Å². The molecule has 0 unspecified atom stereocenters. The number of hydrogen-bond donors (Lipinski definition) is 1. The summed E-state index contributed by atoms with van der Waals surface area (Å²) in [5.41, 5.74) is 4.70. The zero-order chi connectivity index (χ0) is 20.1. The molecular weight excluding hydrogens is 380 g/mol. The monoisotopic (exact) mass is 398 g/mol. The number of aromatic hydroxyl groups is 1. The molecule has 5 heteroatoms. The van der Waals surface area contributed by atoms with E-state index in [0.717, 1.165) is 33.2 Å². The molecule has 5 aromatic rings. The number of nitrogens with zero attached hydrogens (tertiary/aromatic N) is 2. The van der Waals surface area contributed by atoms with Crippen LogP contribution in [0, 0.1) is 4.77 Å². The maximum Gasteiger partial charge on any atom is 0.218 e. The van der Waals surface area contributed by atoms with Crippen molar-refractivity contribution in [2.45, 2.75) is 0 Å². The molecule has 0 spiro atoms. The van der Waals surface area contributed by atoms with Gasteiger partial charge < -0.3 is 9.52 Å². The van der Waals surface area contributed by atoms with Crippen molar-refractivity contribution in [2.24, 2.45) is 7.05 Å². The number of benzene rings is 3. The predicted octanol–water partition coefficient (Wildman–Crippen LogP) is 6.21. The first-order valence-electron chi connectivity index (χ1n) is 9.23. The van der Waals surface area contributed by atoms with Crippen molar-refractivity contribution in [3.05, 3.63) is 95.4 Å². The third kappa shape index (κ3) is 2.62. The summed E-state index contributed by atoms with van der Waals surface area (Å²) in [5, 5.41) is 12.9. The van der Waals surface area contributed by atoms with Crippen LogP contribution < -0.4 is 0 Å². The lowest BCUT2D eigenvalue weighted by atomic mass is 10.0. The molecule has 0 amide bonds. The molecule has 5 rings (SSSR count). The van der Waals surface area contributed by atoms with Gasteiger partial charge in [-0.1, -0.05) is 49.0 Å². The van der Waals surface area contributed by atoms with Crippen molar-refractivity contribution in [1.82, 2.24) is 9.13 Å². The predicted molar refractivity (Wildman–Crippen MR) is 119 cm³/mol. The number of rotatable bonds is 3. The first kappa shape index (κ1) is 17.5. The first-order chi connectivity index (χ1) is 14.1. The lowest BCUT2D eigenvalue weighted by molar-refractivity contribution is 0.429. The van der Waals surface area contributed by atoms with Crippen molar-refractivity contribution in [2.75, 3.05) is 0 Å². The molecule has 2 aromatic heterocycles. The molecule has 0 atom stereocenters. The Kier molecular flexibility index (Phi) is 3.93. The quantitative estimate of drug-likeness (QED) is 0.367. The fourth-order valence-corrected chi connectivity index (χ4v) is 4.02. The Hall–Kier alpha value is -3.57. The van der Waals surface area contributed by atoms with E-state index in [-0.39, 0.29) is 5.88 Å². The van der Waals surface area contributed by atoms with Gasteiger partial charge >= 0.3 is 0 Å². The molecule has 2 heterocycles. The van der Waals surface area contributed by atoms with E-state index < -0.39 is 0 Å². The van der Waals surface area contributed by atoms with E-state index in [1.165, 1.54) is 0 Å². The summed E-state index contributed by atoms with van der Waals surface area (Å²) in [6.07, 6.45) is 0. The Morgan fingerprint density at radius 3 is 2.41 bits per heavy atom. The topological polar surface area (TPSA) is 43.2 Å². The van der Waals surface area contributed by atoms with Crippen LogP contribution in [0.1, 0.15) is 11.3 Å². The van der Waals surface area contributed by atoms with Crippen LogP contribution in [0.15, 0.2) is 83.8 Å². The fraction of sp³-hybridized carbons (Fsp3) is 0.0417. The van der Waals surface area contributed by atoms with Crippen LogP contribution in [0.3, 0.4) is 0 Å². The Morgan fingerprint density at radius 1 is 0.931 bits per heavy atom. The number of furan rings is 1. The SMILES string of the molecule is C=C(c1ccc2oc3ccccc3c2c1)c1c(O)n(C)c(=S)n1-c1ccccc1. The molecule has 0 radical (unpaired) electrons. The minimum atomic E-state index is 0.0843. The molecule has 3 aromatic carbocycles. The lowest BCUT2D eigenvalue weighted by Gasteiger charge is -2.11. The molecule has 0 bridgehead atoms. The van der Waals surface area contributed by atoms with Gasteiger partial charge in [-0.2, -0.15) is 0 Å². The van der Waals surface area contributed by atoms with Gasteiger partial charge in [-0.3, -0.25) is 9.13 Å². The molecule has 0 saturated heterocycles. The molecule has 0 aliphatic rings. The van der Waals surface area contributed by atoms with Crippen LogP contribution in [-0.4, -0.2) is 14.2 Å². The minimum Gasteiger partial charge on any atom is -0.493 e. The highest BCUT2D eigenvalue weighted by molar-refractivity contribution is 7.71. The number of fused-ring (bicyclic) bond motifs is 3. The highest BCUT2D eigenvalue weighted by atomic mass is 32.1. The van der Waals surface area contributed by atoms with E-state index in [1.807, 2.05) is 77.4 Å². The Bertz CT molecular complexity index is 1460. The second-order valence-electron chi connectivity index (χ2n) is 6.97. The standard InChI is InChI=1S/C24H18N2O2S/c1-15(16-12-13-21-19(14-16)18-10-6-7-11-20(18)28-21)22-23(27)25(2)24(29)26(22)17-8-4-3-5-9-17/h3-14,27H,1H2,2H3. The van der Waals surface area contributed by atoms with Gasteiger partial charge in [0.2, 0.25) is 5.88 Å². The van der Waals surface area contributed by atoms with Crippen molar-refractivity contribution >= 4 is 39.7 Å². The molecular formula is C24H18N2O2S. The molecule has 0 aliphatic carbocycles. The molecule has 1 N–H and O–H groups in total. The van der Waals surface area contributed by atoms with Crippen LogP contribution >= 0.6 is 12.2 Å². The van der Waals surface area contributed by atoms with Gasteiger partial charge in [0.15, 0.2) is 4.77 Å². The zero-order valence-corrected chi connectivity index (χ0v) is 16.6. The van der Waals surface area contributed by atoms with Gasteiger partial charge in [-0.25, -0.2) is 0 Å². The van der Waals surface area contributed by atoms with Crippen LogP contribution in [-0.2, 0) is 7.05 Å². The van der Waals surface area contributed by atoms with Crippen LogP contribution in [0.25, 0.3) is 33.2 Å². The Labute approximate surface area is 172 Å². The molecule has 0 aliphatic heterocycles. The van der Waals surface area contributed by atoms with Crippen LogP contribution in [0.2, 0.25) is 0 Å². The lowest BCUT2D eigenvalue weighted by Crippen LogP contribution is -2.00. The summed E-state index contributed by atoms with van der Waals surface area (Å²) in [7, 11) is 1.75. The van der Waals surface area contributed by atoms with E-state index >= 15 is 0 Å². The molecule has 0 saturated carbocycles.